The highest BCUT2D eigenvalue weighted by Crippen LogP contribution is 2.29. The van der Waals surface area contributed by atoms with Crippen LogP contribution in [0.1, 0.15) is 18.9 Å². The van der Waals surface area contributed by atoms with Crippen LogP contribution in [0.15, 0.2) is 24.3 Å². The van der Waals surface area contributed by atoms with Gasteiger partial charge in [0.2, 0.25) is 0 Å². The summed E-state index contributed by atoms with van der Waals surface area (Å²) in [7, 11) is 1.58. The molecule has 0 fully saturated rings. The molecule has 0 saturated heterocycles. The average Bonchev–Trinajstić information content (AvgIpc) is 2.28. The first-order chi connectivity index (χ1) is 6.66. The number of halogens is 1. The molecule has 2 N–H and O–H groups in total. The summed E-state index contributed by atoms with van der Waals surface area (Å²) < 4.78 is 19.0. The fourth-order valence-electron chi connectivity index (χ4n) is 1.36. The van der Waals surface area contributed by atoms with Crippen molar-refractivity contribution in [3.05, 3.63) is 29.8 Å². The Labute approximate surface area is 83.9 Å². The number of nitrogens with two attached hydrogens (primary N) is 1. The van der Waals surface area contributed by atoms with Crippen LogP contribution in [0.3, 0.4) is 0 Å². The van der Waals surface area contributed by atoms with Gasteiger partial charge in [0.05, 0.1) is 7.11 Å². The Morgan fingerprint density at radius 2 is 1.93 bits per heavy atom. The van der Waals surface area contributed by atoms with Crippen LogP contribution < -0.4 is 10.5 Å². The minimum atomic E-state index is -1.41. The van der Waals surface area contributed by atoms with E-state index >= 15 is 0 Å². The summed E-state index contributed by atoms with van der Waals surface area (Å²) in [6, 6.07) is 6.92. The second-order valence-corrected chi connectivity index (χ2v) is 3.25. The van der Waals surface area contributed by atoms with Crippen LogP contribution in [0.4, 0.5) is 4.39 Å². The molecule has 14 heavy (non-hydrogen) atoms. The number of hydrogen-bond donors (Lipinski definition) is 1. The SMILES string of the molecule is CC[C@](F)(CN)c1ccc(OC)cc1. The van der Waals surface area contributed by atoms with E-state index in [2.05, 4.69) is 0 Å². The fourth-order valence-corrected chi connectivity index (χ4v) is 1.36. The summed E-state index contributed by atoms with van der Waals surface area (Å²) in [5, 5.41) is 0. The van der Waals surface area contributed by atoms with Crippen molar-refractivity contribution in [2.75, 3.05) is 13.7 Å². The lowest BCUT2D eigenvalue weighted by Gasteiger charge is -2.22. The Bertz CT molecular complexity index is 280. The first kappa shape index (κ1) is 11.0. The van der Waals surface area contributed by atoms with Gasteiger partial charge in [0, 0.05) is 6.54 Å². The lowest BCUT2D eigenvalue weighted by Crippen LogP contribution is -2.29. The van der Waals surface area contributed by atoms with E-state index in [1.807, 2.05) is 0 Å². The molecule has 1 aromatic rings. The summed E-state index contributed by atoms with van der Waals surface area (Å²) in [6.07, 6.45) is 0.385. The van der Waals surface area contributed by atoms with Crippen LogP contribution in [0, 0.1) is 0 Å². The third kappa shape index (κ3) is 2.04. The highest BCUT2D eigenvalue weighted by molar-refractivity contribution is 5.31. The van der Waals surface area contributed by atoms with Gasteiger partial charge in [0.25, 0.3) is 0 Å². The van der Waals surface area contributed by atoms with Gasteiger partial charge in [0.15, 0.2) is 0 Å². The zero-order chi connectivity index (χ0) is 10.6. The number of benzene rings is 1. The van der Waals surface area contributed by atoms with Crippen molar-refractivity contribution in [1.29, 1.82) is 0 Å². The molecular formula is C11H16FNO. The van der Waals surface area contributed by atoms with Gasteiger partial charge in [-0.05, 0) is 24.1 Å². The molecule has 0 unspecified atom stereocenters. The Balaban J connectivity index is 2.95. The summed E-state index contributed by atoms with van der Waals surface area (Å²) in [4.78, 5) is 0. The summed E-state index contributed by atoms with van der Waals surface area (Å²) in [6.45, 7) is 1.80. The molecule has 0 saturated carbocycles. The van der Waals surface area contributed by atoms with E-state index in [9.17, 15) is 4.39 Å². The highest BCUT2D eigenvalue weighted by Gasteiger charge is 2.27. The van der Waals surface area contributed by atoms with Gasteiger partial charge in [-0.15, -0.1) is 0 Å². The van der Waals surface area contributed by atoms with Crippen LogP contribution >= 0.6 is 0 Å². The van der Waals surface area contributed by atoms with Gasteiger partial charge in [-0.2, -0.15) is 0 Å². The normalized spacial score (nSPS) is 14.9. The summed E-state index contributed by atoms with van der Waals surface area (Å²) >= 11 is 0. The third-order valence-corrected chi connectivity index (χ3v) is 2.49. The van der Waals surface area contributed by atoms with Crippen LogP contribution in [0.25, 0.3) is 0 Å². The fraction of sp³-hybridized carbons (Fsp3) is 0.455. The molecule has 0 radical (unpaired) electrons. The molecule has 0 amide bonds. The van der Waals surface area contributed by atoms with Crippen molar-refractivity contribution >= 4 is 0 Å². The van der Waals surface area contributed by atoms with E-state index in [-0.39, 0.29) is 6.54 Å². The second kappa shape index (κ2) is 4.42. The van der Waals surface area contributed by atoms with E-state index in [4.69, 9.17) is 10.5 Å². The third-order valence-electron chi connectivity index (χ3n) is 2.49. The minimum Gasteiger partial charge on any atom is -0.497 e. The van der Waals surface area contributed by atoms with Gasteiger partial charge >= 0.3 is 0 Å². The zero-order valence-electron chi connectivity index (χ0n) is 8.59. The maximum absolute atomic E-state index is 14.1. The first-order valence-electron chi connectivity index (χ1n) is 4.70. The van der Waals surface area contributed by atoms with Gasteiger partial charge in [0.1, 0.15) is 11.4 Å². The molecule has 0 aliphatic carbocycles. The summed E-state index contributed by atoms with van der Waals surface area (Å²) in [5.74, 6) is 0.726. The lowest BCUT2D eigenvalue weighted by atomic mass is 9.93. The molecular weight excluding hydrogens is 181 g/mol. The maximum atomic E-state index is 14.1. The number of hydrogen-bond acceptors (Lipinski definition) is 2. The largest absolute Gasteiger partial charge is 0.497 e. The van der Waals surface area contributed by atoms with Crippen LogP contribution in [-0.4, -0.2) is 13.7 Å². The van der Waals surface area contributed by atoms with Gasteiger partial charge in [-0.3, -0.25) is 0 Å². The predicted molar refractivity (Wildman–Crippen MR) is 55.1 cm³/mol. The number of ether oxygens (including phenoxy) is 1. The highest BCUT2D eigenvalue weighted by atomic mass is 19.1. The minimum absolute atomic E-state index is 0.00975. The molecule has 0 heterocycles. The molecule has 0 aromatic heterocycles. The van der Waals surface area contributed by atoms with Crippen LogP contribution in [0.5, 0.6) is 5.75 Å². The Kier molecular flexibility index (Phi) is 3.47. The molecule has 0 bridgehead atoms. The van der Waals surface area contributed by atoms with Gasteiger partial charge in [-0.1, -0.05) is 19.1 Å². The molecule has 0 aliphatic heterocycles. The molecule has 0 spiro atoms. The van der Waals surface area contributed by atoms with Crippen LogP contribution in [0.2, 0.25) is 0 Å². The van der Waals surface area contributed by atoms with Gasteiger partial charge in [-0.25, -0.2) is 4.39 Å². The molecule has 1 rings (SSSR count). The molecule has 78 valence electrons. The number of alkyl halides is 1. The lowest BCUT2D eigenvalue weighted by molar-refractivity contribution is 0.169. The maximum Gasteiger partial charge on any atom is 0.147 e. The monoisotopic (exact) mass is 197 g/mol. The Morgan fingerprint density at radius 3 is 2.29 bits per heavy atom. The van der Waals surface area contributed by atoms with E-state index in [1.54, 1.807) is 38.3 Å². The average molecular weight is 197 g/mol. The molecule has 2 nitrogen and oxygen atoms in total. The van der Waals surface area contributed by atoms with Crippen molar-refractivity contribution in [2.24, 2.45) is 5.73 Å². The molecule has 3 heteroatoms. The van der Waals surface area contributed by atoms with E-state index in [1.165, 1.54) is 0 Å². The van der Waals surface area contributed by atoms with Crippen molar-refractivity contribution in [3.8, 4) is 5.75 Å². The van der Waals surface area contributed by atoms with Crippen molar-refractivity contribution in [2.45, 2.75) is 19.0 Å². The zero-order valence-corrected chi connectivity index (χ0v) is 8.59. The van der Waals surface area contributed by atoms with Crippen molar-refractivity contribution < 1.29 is 9.13 Å². The Hall–Kier alpha value is -1.09. The number of methoxy groups -OCH3 is 1. The smallest absolute Gasteiger partial charge is 0.147 e. The van der Waals surface area contributed by atoms with E-state index < -0.39 is 5.67 Å². The van der Waals surface area contributed by atoms with Crippen molar-refractivity contribution in [1.82, 2.24) is 0 Å². The second-order valence-electron chi connectivity index (χ2n) is 3.25. The quantitative estimate of drug-likeness (QED) is 0.803. The Morgan fingerprint density at radius 1 is 1.36 bits per heavy atom. The van der Waals surface area contributed by atoms with Crippen LogP contribution in [-0.2, 0) is 5.67 Å². The predicted octanol–water partition coefficient (Wildman–Crippen LogP) is 2.23. The molecule has 0 aliphatic rings. The van der Waals surface area contributed by atoms with Gasteiger partial charge < -0.3 is 10.5 Å². The standard InChI is InChI=1S/C11H16FNO/c1-3-11(12,8-13)9-4-6-10(14-2)7-5-9/h4-7H,3,8,13H2,1-2H3/t11-/m0/s1. The first-order valence-corrected chi connectivity index (χ1v) is 4.70. The van der Waals surface area contributed by atoms with E-state index in [0.717, 1.165) is 5.75 Å². The summed E-state index contributed by atoms with van der Waals surface area (Å²) in [5.41, 5.74) is 4.62. The molecule has 1 aromatic carbocycles. The van der Waals surface area contributed by atoms with Crippen molar-refractivity contribution in [3.63, 3.8) is 0 Å². The number of rotatable bonds is 4. The topological polar surface area (TPSA) is 35.2 Å². The van der Waals surface area contributed by atoms with E-state index in [0.29, 0.717) is 12.0 Å². The molecule has 1 atom stereocenters.